The van der Waals surface area contributed by atoms with Crippen LogP contribution in [0.15, 0.2) is 0 Å². The van der Waals surface area contributed by atoms with Crippen molar-refractivity contribution in [1.29, 1.82) is 0 Å². The Bertz CT molecular complexity index is 304. The zero-order valence-electron chi connectivity index (χ0n) is 9.13. The maximum atomic E-state index is 11.8. The Morgan fingerprint density at radius 2 is 1.82 bits per heavy atom. The molecule has 17 heavy (non-hydrogen) atoms. The van der Waals surface area contributed by atoms with Gasteiger partial charge >= 0.3 is 18.1 Å². The summed E-state index contributed by atoms with van der Waals surface area (Å²) in [6.07, 6.45) is -2.11. The molecular formula is C10H14F3NO3. The van der Waals surface area contributed by atoms with Crippen molar-refractivity contribution in [2.45, 2.75) is 44.3 Å². The molecule has 1 aliphatic rings. The van der Waals surface area contributed by atoms with Crippen LogP contribution in [0, 0.1) is 5.92 Å². The molecule has 7 heteroatoms. The molecule has 1 fully saturated rings. The minimum atomic E-state index is -5.13. The van der Waals surface area contributed by atoms with Crippen LogP contribution < -0.4 is 5.73 Å². The molecule has 0 radical (unpaired) electrons. The summed E-state index contributed by atoms with van der Waals surface area (Å²) in [4.78, 5) is 21.5. The third-order valence-electron chi connectivity index (χ3n) is 2.83. The van der Waals surface area contributed by atoms with Crippen molar-refractivity contribution in [2.24, 2.45) is 11.7 Å². The van der Waals surface area contributed by atoms with E-state index in [1.54, 1.807) is 0 Å². The Morgan fingerprint density at radius 1 is 1.24 bits per heavy atom. The minimum absolute atomic E-state index is 0.197. The zero-order chi connectivity index (χ0) is 13.1. The van der Waals surface area contributed by atoms with E-state index in [2.05, 4.69) is 4.74 Å². The molecule has 98 valence electrons. The van der Waals surface area contributed by atoms with Crippen molar-refractivity contribution in [2.75, 3.05) is 0 Å². The molecule has 0 aliphatic heterocycles. The number of ether oxygens (including phenoxy) is 1. The van der Waals surface area contributed by atoms with Gasteiger partial charge in [0.15, 0.2) is 0 Å². The van der Waals surface area contributed by atoms with Gasteiger partial charge in [0.2, 0.25) is 0 Å². The summed E-state index contributed by atoms with van der Waals surface area (Å²) >= 11 is 0. The molecule has 4 nitrogen and oxygen atoms in total. The highest BCUT2D eigenvalue weighted by molar-refractivity contribution is 5.88. The van der Waals surface area contributed by atoms with Crippen molar-refractivity contribution in [3.05, 3.63) is 0 Å². The first kappa shape index (κ1) is 14.0. The SMILES string of the molecule is NC1CCCCC1CC(=O)OC(=O)C(F)(F)F. The molecule has 0 spiro atoms. The number of halogens is 3. The molecule has 0 aromatic rings. The third-order valence-corrected chi connectivity index (χ3v) is 2.83. The van der Waals surface area contributed by atoms with E-state index in [4.69, 9.17) is 5.73 Å². The molecule has 0 aromatic heterocycles. The van der Waals surface area contributed by atoms with Crippen LogP contribution >= 0.6 is 0 Å². The van der Waals surface area contributed by atoms with E-state index >= 15 is 0 Å². The van der Waals surface area contributed by atoms with Crippen molar-refractivity contribution in [1.82, 2.24) is 0 Å². The van der Waals surface area contributed by atoms with E-state index in [0.717, 1.165) is 19.3 Å². The van der Waals surface area contributed by atoms with E-state index in [0.29, 0.717) is 6.42 Å². The van der Waals surface area contributed by atoms with Crippen LogP contribution in [-0.4, -0.2) is 24.2 Å². The Kier molecular flexibility index (Phi) is 4.50. The van der Waals surface area contributed by atoms with Crippen LogP contribution in [-0.2, 0) is 14.3 Å². The predicted molar refractivity (Wildman–Crippen MR) is 51.7 cm³/mol. The molecule has 0 bridgehead atoms. The Balaban J connectivity index is 2.41. The van der Waals surface area contributed by atoms with Crippen LogP contribution in [0.4, 0.5) is 13.2 Å². The largest absolute Gasteiger partial charge is 0.491 e. The lowest BCUT2D eigenvalue weighted by atomic mass is 9.83. The number of carbonyl (C=O) groups excluding carboxylic acids is 2. The number of esters is 2. The fourth-order valence-corrected chi connectivity index (χ4v) is 1.91. The van der Waals surface area contributed by atoms with Crippen LogP contribution in [0.2, 0.25) is 0 Å². The maximum absolute atomic E-state index is 11.8. The summed E-state index contributed by atoms with van der Waals surface area (Å²) in [5.74, 6) is -3.82. The van der Waals surface area contributed by atoms with Gasteiger partial charge in [0.05, 0.1) is 6.42 Å². The molecule has 2 unspecified atom stereocenters. The maximum Gasteiger partial charge on any atom is 0.491 e. The van der Waals surface area contributed by atoms with Gasteiger partial charge in [0.1, 0.15) is 0 Å². The molecule has 2 N–H and O–H groups in total. The van der Waals surface area contributed by atoms with Crippen molar-refractivity contribution in [3.63, 3.8) is 0 Å². The number of carbonyl (C=O) groups is 2. The second-order valence-electron chi connectivity index (χ2n) is 4.17. The van der Waals surface area contributed by atoms with Crippen LogP contribution in [0.5, 0.6) is 0 Å². The van der Waals surface area contributed by atoms with Gasteiger partial charge in [-0.1, -0.05) is 12.8 Å². The molecule has 0 saturated heterocycles. The van der Waals surface area contributed by atoms with E-state index in [9.17, 15) is 22.8 Å². The second-order valence-corrected chi connectivity index (χ2v) is 4.17. The Morgan fingerprint density at radius 3 is 2.35 bits per heavy atom. The molecule has 2 atom stereocenters. The molecule has 0 amide bonds. The van der Waals surface area contributed by atoms with Crippen molar-refractivity contribution >= 4 is 11.9 Å². The fourth-order valence-electron chi connectivity index (χ4n) is 1.91. The third kappa shape index (κ3) is 4.33. The molecule has 1 aliphatic carbocycles. The quantitative estimate of drug-likeness (QED) is 0.598. The van der Waals surface area contributed by atoms with Crippen molar-refractivity contribution in [3.8, 4) is 0 Å². The second kappa shape index (κ2) is 5.48. The summed E-state index contributed by atoms with van der Waals surface area (Å²) in [6, 6.07) is -0.211. The first-order valence-corrected chi connectivity index (χ1v) is 5.38. The van der Waals surface area contributed by atoms with Gasteiger partial charge in [-0.25, -0.2) is 4.79 Å². The highest BCUT2D eigenvalue weighted by Crippen LogP contribution is 2.26. The zero-order valence-corrected chi connectivity index (χ0v) is 9.13. The van der Waals surface area contributed by atoms with Gasteiger partial charge in [-0.15, -0.1) is 0 Å². The van der Waals surface area contributed by atoms with E-state index in [-0.39, 0.29) is 18.4 Å². The van der Waals surface area contributed by atoms with Gasteiger partial charge in [-0.2, -0.15) is 13.2 Å². The average Bonchev–Trinajstić information content (AvgIpc) is 2.20. The van der Waals surface area contributed by atoms with E-state index in [1.165, 1.54) is 0 Å². The predicted octanol–water partition coefficient (Wildman–Crippen LogP) is 1.53. The lowest BCUT2D eigenvalue weighted by Crippen LogP contribution is -2.36. The molecule has 1 rings (SSSR count). The number of hydrogen-bond acceptors (Lipinski definition) is 4. The molecule has 0 heterocycles. The summed E-state index contributed by atoms with van der Waals surface area (Å²) in [6.45, 7) is 0. The summed E-state index contributed by atoms with van der Waals surface area (Å²) < 4.78 is 39.1. The lowest BCUT2D eigenvalue weighted by Gasteiger charge is -2.27. The Hall–Kier alpha value is -1.11. The summed E-state index contributed by atoms with van der Waals surface area (Å²) in [5, 5.41) is 0. The van der Waals surface area contributed by atoms with Gasteiger partial charge < -0.3 is 10.5 Å². The fraction of sp³-hybridized carbons (Fsp3) is 0.800. The van der Waals surface area contributed by atoms with E-state index in [1.807, 2.05) is 0 Å². The number of hydrogen-bond donors (Lipinski definition) is 1. The summed E-state index contributed by atoms with van der Waals surface area (Å²) in [5.41, 5.74) is 5.73. The van der Waals surface area contributed by atoms with Crippen molar-refractivity contribution < 1.29 is 27.5 Å². The van der Waals surface area contributed by atoms with Crippen LogP contribution in [0.3, 0.4) is 0 Å². The minimum Gasteiger partial charge on any atom is -0.386 e. The topological polar surface area (TPSA) is 69.4 Å². The first-order valence-electron chi connectivity index (χ1n) is 5.38. The van der Waals surface area contributed by atoms with Crippen LogP contribution in [0.1, 0.15) is 32.1 Å². The molecular weight excluding hydrogens is 239 g/mol. The molecule has 0 aromatic carbocycles. The highest BCUT2D eigenvalue weighted by Gasteiger charge is 2.42. The normalized spacial score (nSPS) is 25.4. The van der Waals surface area contributed by atoms with Gasteiger partial charge in [0, 0.05) is 6.04 Å². The number of rotatable bonds is 2. The van der Waals surface area contributed by atoms with Gasteiger partial charge in [0.25, 0.3) is 0 Å². The Labute approximate surface area is 96.3 Å². The van der Waals surface area contributed by atoms with Gasteiger partial charge in [-0.05, 0) is 18.8 Å². The highest BCUT2D eigenvalue weighted by atomic mass is 19.4. The van der Waals surface area contributed by atoms with Crippen LogP contribution in [0.25, 0.3) is 0 Å². The standard InChI is InChI=1S/C10H14F3NO3/c11-10(12,13)9(16)17-8(15)5-6-3-1-2-4-7(6)14/h6-7H,1-5,14H2. The average molecular weight is 253 g/mol. The number of nitrogens with two attached hydrogens (primary N) is 1. The smallest absolute Gasteiger partial charge is 0.386 e. The monoisotopic (exact) mass is 253 g/mol. The summed E-state index contributed by atoms with van der Waals surface area (Å²) in [7, 11) is 0. The molecule has 1 saturated carbocycles. The van der Waals surface area contributed by atoms with Gasteiger partial charge in [-0.3, -0.25) is 4.79 Å². The van der Waals surface area contributed by atoms with E-state index < -0.39 is 18.1 Å². The first-order chi connectivity index (χ1) is 7.80. The lowest BCUT2D eigenvalue weighted by molar-refractivity contribution is -0.202. The number of alkyl halides is 3.